The fraction of sp³-hybridized carbons (Fsp3) is 0.542. The van der Waals surface area contributed by atoms with Crippen LogP contribution >= 0.6 is 23.4 Å². The molecule has 0 N–H and O–H groups in total. The molecule has 180 valence electrons. The van der Waals surface area contributed by atoms with Gasteiger partial charge in [-0.1, -0.05) is 48.7 Å². The molecule has 1 aromatic carbocycles. The number of carbonyl (C=O) groups is 1. The lowest BCUT2D eigenvalue weighted by atomic mass is 9.94. The molecule has 7 nitrogen and oxygen atoms in total. The third-order valence-corrected chi connectivity index (χ3v) is 7.10. The lowest BCUT2D eigenvalue weighted by Gasteiger charge is -2.32. The Balaban J connectivity index is 1.54. The first-order valence-electron chi connectivity index (χ1n) is 11.3. The van der Waals surface area contributed by atoms with Crippen molar-refractivity contribution in [3.05, 3.63) is 35.0 Å². The minimum absolute atomic E-state index is 0.0197. The first kappa shape index (κ1) is 25.4. The van der Waals surface area contributed by atoms with Crippen molar-refractivity contribution in [2.45, 2.75) is 49.7 Å². The van der Waals surface area contributed by atoms with Crippen molar-refractivity contribution in [2.24, 2.45) is 0 Å². The SMILES string of the molecule is COc1ccc(CCN(C)C(=O)CSc2nc(Cl)cc(N(C)C3CCCCC3)n2)cc1OC. The number of aromatic nitrogens is 2. The molecule has 0 saturated heterocycles. The molecule has 1 aromatic heterocycles. The summed E-state index contributed by atoms with van der Waals surface area (Å²) < 4.78 is 10.6. The highest BCUT2D eigenvalue weighted by molar-refractivity contribution is 7.99. The summed E-state index contributed by atoms with van der Waals surface area (Å²) in [5.41, 5.74) is 1.08. The first-order valence-corrected chi connectivity index (χ1v) is 12.6. The Hall–Kier alpha value is -2.19. The van der Waals surface area contributed by atoms with Crippen LogP contribution in [-0.4, -0.2) is 67.4 Å². The highest BCUT2D eigenvalue weighted by atomic mass is 35.5. The molecule has 1 saturated carbocycles. The zero-order valence-electron chi connectivity index (χ0n) is 19.8. The first-order chi connectivity index (χ1) is 15.9. The van der Waals surface area contributed by atoms with Gasteiger partial charge in [0.25, 0.3) is 0 Å². The number of carbonyl (C=O) groups excluding carboxylic acids is 1. The van der Waals surface area contributed by atoms with Gasteiger partial charge in [-0.05, 0) is 37.0 Å². The molecule has 1 heterocycles. The lowest BCUT2D eigenvalue weighted by Crippen LogP contribution is -2.34. The number of halogens is 1. The van der Waals surface area contributed by atoms with E-state index in [4.69, 9.17) is 21.1 Å². The van der Waals surface area contributed by atoms with Crippen molar-refractivity contribution in [3.63, 3.8) is 0 Å². The summed E-state index contributed by atoms with van der Waals surface area (Å²) in [6, 6.07) is 8.09. The molecule has 3 rings (SSSR count). The molecule has 1 fully saturated rings. The van der Waals surface area contributed by atoms with Crippen LogP contribution in [0.5, 0.6) is 11.5 Å². The second kappa shape index (κ2) is 12.3. The second-order valence-electron chi connectivity index (χ2n) is 8.28. The number of ether oxygens (including phenoxy) is 2. The standard InChI is InChI=1S/C24H33ClN4O3S/c1-28(13-12-17-10-11-19(31-3)20(14-17)32-4)23(30)16-33-24-26-21(25)15-22(27-24)29(2)18-8-6-5-7-9-18/h10-11,14-15,18H,5-9,12-13,16H2,1-4H3. The van der Waals surface area contributed by atoms with Gasteiger partial charge in [-0.15, -0.1) is 0 Å². The summed E-state index contributed by atoms with van der Waals surface area (Å²) in [5.74, 6) is 2.48. The maximum atomic E-state index is 12.7. The average molecular weight is 493 g/mol. The van der Waals surface area contributed by atoms with E-state index in [1.54, 1.807) is 25.2 Å². The number of nitrogens with zero attached hydrogens (tertiary/aromatic N) is 4. The topological polar surface area (TPSA) is 67.8 Å². The van der Waals surface area contributed by atoms with E-state index in [0.29, 0.717) is 34.4 Å². The van der Waals surface area contributed by atoms with E-state index in [9.17, 15) is 4.79 Å². The number of thioether (sulfide) groups is 1. The van der Waals surface area contributed by atoms with Crippen LogP contribution in [0.2, 0.25) is 5.15 Å². The molecule has 0 spiro atoms. The van der Waals surface area contributed by atoms with E-state index in [2.05, 4.69) is 21.9 Å². The molecule has 0 atom stereocenters. The van der Waals surface area contributed by atoms with Gasteiger partial charge in [-0.3, -0.25) is 4.79 Å². The Labute approximate surface area is 205 Å². The Kier molecular flexibility index (Phi) is 9.50. The van der Waals surface area contributed by atoms with Crippen LogP contribution in [-0.2, 0) is 11.2 Å². The van der Waals surface area contributed by atoms with E-state index in [0.717, 1.165) is 17.8 Å². The molecular formula is C24H33ClN4O3S. The second-order valence-corrected chi connectivity index (χ2v) is 9.61. The molecular weight excluding hydrogens is 460 g/mol. The Morgan fingerprint density at radius 1 is 1.09 bits per heavy atom. The van der Waals surface area contributed by atoms with Crippen molar-refractivity contribution in [3.8, 4) is 11.5 Å². The summed E-state index contributed by atoms with van der Waals surface area (Å²) >= 11 is 7.59. The van der Waals surface area contributed by atoms with Crippen molar-refractivity contribution in [2.75, 3.05) is 45.5 Å². The molecule has 9 heteroatoms. The fourth-order valence-electron chi connectivity index (χ4n) is 3.98. The monoisotopic (exact) mass is 492 g/mol. The maximum absolute atomic E-state index is 12.7. The third kappa shape index (κ3) is 7.14. The number of methoxy groups -OCH3 is 2. The summed E-state index contributed by atoms with van der Waals surface area (Å²) in [6.07, 6.45) is 6.86. The molecule has 33 heavy (non-hydrogen) atoms. The van der Waals surface area contributed by atoms with Crippen LogP contribution in [0.3, 0.4) is 0 Å². The van der Waals surface area contributed by atoms with E-state index in [1.165, 1.54) is 43.9 Å². The molecule has 1 aliphatic carbocycles. The van der Waals surface area contributed by atoms with Gasteiger partial charge in [0.15, 0.2) is 16.7 Å². The van der Waals surface area contributed by atoms with Gasteiger partial charge in [0.1, 0.15) is 11.0 Å². The molecule has 1 amide bonds. The summed E-state index contributed by atoms with van der Waals surface area (Å²) in [5, 5.41) is 0.932. The van der Waals surface area contributed by atoms with E-state index in [1.807, 2.05) is 25.2 Å². The lowest BCUT2D eigenvalue weighted by molar-refractivity contribution is -0.127. The van der Waals surface area contributed by atoms with Crippen LogP contribution < -0.4 is 14.4 Å². The van der Waals surface area contributed by atoms with Gasteiger partial charge in [0.2, 0.25) is 5.91 Å². The maximum Gasteiger partial charge on any atom is 0.232 e. The highest BCUT2D eigenvalue weighted by Gasteiger charge is 2.20. The molecule has 0 bridgehead atoms. The van der Waals surface area contributed by atoms with Crippen molar-refractivity contribution in [1.82, 2.24) is 14.9 Å². The zero-order valence-corrected chi connectivity index (χ0v) is 21.4. The van der Waals surface area contributed by atoms with E-state index in [-0.39, 0.29) is 11.7 Å². The minimum Gasteiger partial charge on any atom is -0.493 e. The normalized spacial score (nSPS) is 14.1. The van der Waals surface area contributed by atoms with Gasteiger partial charge < -0.3 is 19.3 Å². The zero-order chi connectivity index (χ0) is 23.8. The number of rotatable bonds is 10. The third-order valence-electron chi connectivity index (χ3n) is 6.08. The number of hydrogen-bond donors (Lipinski definition) is 0. The Morgan fingerprint density at radius 3 is 2.52 bits per heavy atom. The minimum atomic E-state index is 0.0197. The number of benzene rings is 1. The van der Waals surface area contributed by atoms with Crippen LogP contribution in [0.4, 0.5) is 5.82 Å². The van der Waals surface area contributed by atoms with Gasteiger partial charge >= 0.3 is 0 Å². The largest absolute Gasteiger partial charge is 0.493 e. The number of likely N-dealkylation sites (N-methyl/N-ethyl adjacent to an activating group) is 1. The molecule has 2 aromatic rings. The van der Waals surface area contributed by atoms with E-state index >= 15 is 0 Å². The fourth-order valence-corrected chi connectivity index (χ4v) is 5.00. The summed E-state index contributed by atoms with van der Waals surface area (Å²) in [7, 11) is 7.11. The highest BCUT2D eigenvalue weighted by Crippen LogP contribution is 2.29. The van der Waals surface area contributed by atoms with Crippen LogP contribution in [0.25, 0.3) is 0 Å². The Bertz CT molecular complexity index is 940. The summed E-state index contributed by atoms with van der Waals surface area (Å²) in [6.45, 7) is 0.598. The quantitative estimate of drug-likeness (QED) is 0.270. The molecule has 0 aliphatic heterocycles. The summed E-state index contributed by atoms with van der Waals surface area (Å²) in [4.78, 5) is 25.6. The van der Waals surface area contributed by atoms with Crippen molar-refractivity contribution in [1.29, 1.82) is 0 Å². The number of amides is 1. The Morgan fingerprint density at radius 2 is 1.82 bits per heavy atom. The van der Waals surface area contributed by atoms with Crippen molar-refractivity contribution < 1.29 is 14.3 Å². The predicted octanol–water partition coefficient (Wildman–Crippen LogP) is 4.71. The van der Waals surface area contributed by atoms with Gasteiger partial charge in [0, 0.05) is 32.7 Å². The van der Waals surface area contributed by atoms with Crippen molar-refractivity contribution >= 4 is 35.1 Å². The van der Waals surface area contributed by atoms with Crippen LogP contribution in [0, 0.1) is 0 Å². The number of hydrogen-bond acceptors (Lipinski definition) is 7. The molecule has 0 radical (unpaired) electrons. The van der Waals surface area contributed by atoms with Gasteiger partial charge in [-0.25, -0.2) is 9.97 Å². The average Bonchev–Trinajstić information content (AvgIpc) is 2.85. The predicted molar refractivity (Wildman–Crippen MR) is 134 cm³/mol. The number of anilines is 1. The van der Waals surface area contributed by atoms with Gasteiger partial charge in [0.05, 0.1) is 20.0 Å². The van der Waals surface area contributed by atoms with E-state index < -0.39 is 0 Å². The smallest absolute Gasteiger partial charge is 0.232 e. The molecule has 0 unspecified atom stereocenters. The van der Waals surface area contributed by atoms with Crippen LogP contribution in [0.1, 0.15) is 37.7 Å². The van der Waals surface area contributed by atoms with Gasteiger partial charge in [-0.2, -0.15) is 0 Å². The van der Waals surface area contributed by atoms with Crippen LogP contribution in [0.15, 0.2) is 29.4 Å². The molecule has 1 aliphatic rings.